The number of nitrogens with zero attached hydrogens (tertiary/aromatic N) is 1. The van der Waals surface area contributed by atoms with E-state index in [1.165, 1.54) is 0 Å². The van der Waals surface area contributed by atoms with Crippen LogP contribution in [0.3, 0.4) is 0 Å². The highest BCUT2D eigenvalue weighted by Crippen LogP contribution is 2.33. The van der Waals surface area contributed by atoms with Crippen LogP contribution in [0.15, 0.2) is 66.7 Å². The minimum absolute atomic E-state index is 0.0752. The summed E-state index contributed by atoms with van der Waals surface area (Å²) in [5.41, 5.74) is 8.97. The molecule has 5 rings (SSSR count). The van der Waals surface area contributed by atoms with E-state index < -0.39 is 12.1 Å². The number of carbonyl (C=O) groups excluding carboxylic acids is 4. The molecule has 6 N–H and O–H groups in total. The molecule has 0 aromatic heterocycles. The number of alkyl halides is 3. The molecule has 3 aromatic carbocycles. The number of benzene rings is 3. The lowest BCUT2D eigenvalue weighted by Crippen LogP contribution is -2.33. The summed E-state index contributed by atoms with van der Waals surface area (Å²) < 4.78 is 37.2. The third kappa shape index (κ3) is 11.8. The zero-order valence-electron chi connectivity index (χ0n) is 27.8. The molecular weight excluding hydrogens is 671 g/mol. The van der Waals surface area contributed by atoms with Gasteiger partial charge in [-0.2, -0.15) is 13.2 Å². The summed E-state index contributed by atoms with van der Waals surface area (Å²) in [5.74, 6) is -3.06. The second kappa shape index (κ2) is 18.0. The van der Waals surface area contributed by atoms with Gasteiger partial charge in [0.05, 0.1) is 5.69 Å². The van der Waals surface area contributed by atoms with Gasteiger partial charge in [0, 0.05) is 41.5 Å². The van der Waals surface area contributed by atoms with Gasteiger partial charge in [-0.3, -0.25) is 19.2 Å². The number of nitrogens with one attached hydrogen (secondary N) is 3. The van der Waals surface area contributed by atoms with Crippen molar-refractivity contribution in [2.45, 2.75) is 63.7 Å². The monoisotopic (exact) mass is 711 g/mol. The molecule has 0 spiro atoms. The van der Waals surface area contributed by atoms with E-state index in [1.54, 1.807) is 54.6 Å². The number of rotatable bonds is 14. The number of hydrogen-bond donors (Lipinski definition) is 5. The van der Waals surface area contributed by atoms with Crippen molar-refractivity contribution in [3.05, 3.63) is 89.0 Å². The summed E-state index contributed by atoms with van der Waals surface area (Å²) in [4.78, 5) is 61.3. The molecule has 1 saturated carbocycles. The highest BCUT2D eigenvalue weighted by atomic mass is 19.4. The highest BCUT2D eigenvalue weighted by Gasteiger charge is 2.38. The molecule has 12 nitrogen and oxygen atoms in total. The predicted octanol–water partition coefficient (Wildman–Crippen LogP) is 5.35. The van der Waals surface area contributed by atoms with E-state index in [0.29, 0.717) is 53.4 Å². The predicted molar refractivity (Wildman–Crippen MR) is 182 cm³/mol. The van der Waals surface area contributed by atoms with Crippen molar-refractivity contribution in [1.82, 2.24) is 10.2 Å². The third-order valence-corrected chi connectivity index (χ3v) is 7.97. The Hall–Kier alpha value is -5.44. The van der Waals surface area contributed by atoms with Crippen molar-refractivity contribution < 1.29 is 47.0 Å². The summed E-state index contributed by atoms with van der Waals surface area (Å²) in [6.07, 6.45) is 2.02. The zero-order valence-corrected chi connectivity index (χ0v) is 27.8. The fourth-order valence-electron chi connectivity index (χ4n) is 5.13. The van der Waals surface area contributed by atoms with E-state index in [1.807, 2.05) is 17.0 Å². The van der Waals surface area contributed by atoms with Crippen LogP contribution in [0.4, 0.5) is 24.5 Å². The molecule has 1 aliphatic heterocycles. The zero-order chi connectivity index (χ0) is 37.0. The summed E-state index contributed by atoms with van der Waals surface area (Å²) in [6.45, 7) is 1.66. The first-order valence-electron chi connectivity index (χ1n) is 16.5. The van der Waals surface area contributed by atoms with Crippen molar-refractivity contribution in [3.8, 4) is 5.75 Å². The van der Waals surface area contributed by atoms with E-state index in [2.05, 4.69) is 16.0 Å². The maximum atomic E-state index is 13.4. The van der Waals surface area contributed by atoms with Crippen LogP contribution in [0.25, 0.3) is 0 Å². The van der Waals surface area contributed by atoms with Gasteiger partial charge in [0.1, 0.15) is 5.75 Å². The number of fused-ring (bicyclic) bond motifs is 1. The molecule has 1 heterocycles. The number of carboxylic acid groups (broad SMARTS) is 1. The van der Waals surface area contributed by atoms with Gasteiger partial charge in [0.25, 0.3) is 23.6 Å². The molecule has 4 amide bonds. The second-order valence-corrected chi connectivity index (χ2v) is 12.1. The van der Waals surface area contributed by atoms with Crippen LogP contribution in [0, 0.1) is 0 Å². The molecule has 2 aliphatic rings. The lowest BCUT2D eigenvalue weighted by atomic mass is 10.1. The molecule has 272 valence electrons. The number of carbonyl (C=O) groups is 5. The van der Waals surface area contributed by atoms with E-state index >= 15 is 0 Å². The van der Waals surface area contributed by atoms with Crippen molar-refractivity contribution in [2.24, 2.45) is 5.73 Å². The standard InChI is InChI=1S/C34H39N5O5.C2HF3O2/c35-17-4-2-1-3-5-18-36-32(41)25-7-6-8-27(19-25)37-33(42)24-11-9-23(10-12-24)21-39(28-14-15-28)34(43)26-13-16-29-30(20-26)44-22-31(40)38-29;3-2(4,5)1(6)7/h6-13,16,19-20,28H,1-5,14-15,17-18,21-22,35H2,(H,36,41)(H,37,42)(H,38,40);(H,6,7). The summed E-state index contributed by atoms with van der Waals surface area (Å²) >= 11 is 0. The molecule has 51 heavy (non-hydrogen) atoms. The Balaban J connectivity index is 0.000000755. The number of aliphatic carboxylic acids is 1. The number of amides is 4. The first-order chi connectivity index (χ1) is 24.3. The highest BCUT2D eigenvalue weighted by molar-refractivity contribution is 6.05. The maximum absolute atomic E-state index is 13.4. The third-order valence-electron chi connectivity index (χ3n) is 7.97. The van der Waals surface area contributed by atoms with Gasteiger partial charge in [0.2, 0.25) is 0 Å². The minimum Gasteiger partial charge on any atom is -0.482 e. The largest absolute Gasteiger partial charge is 0.490 e. The lowest BCUT2D eigenvalue weighted by molar-refractivity contribution is -0.192. The fourth-order valence-corrected chi connectivity index (χ4v) is 5.13. The van der Waals surface area contributed by atoms with Gasteiger partial charge in [-0.25, -0.2) is 4.79 Å². The molecule has 15 heteroatoms. The number of ether oxygens (including phenoxy) is 1. The van der Waals surface area contributed by atoms with E-state index in [9.17, 15) is 32.3 Å². The smallest absolute Gasteiger partial charge is 0.482 e. The Labute approximate surface area is 292 Å². The number of carboxylic acids is 1. The number of unbranched alkanes of at least 4 members (excludes halogenated alkanes) is 4. The molecular formula is C36H40F3N5O7. The van der Waals surface area contributed by atoms with Gasteiger partial charge in [-0.15, -0.1) is 0 Å². The molecule has 1 fully saturated rings. The Morgan fingerprint density at radius 2 is 1.55 bits per heavy atom. The first-order valence-corrected chi connectivity index (χ1v) is 16.5. The lowest BCUT2D eigenvalue weighted by Gasteiger charge is -2.24. The van der Waals surface area contributed by atoms with Crippen molar-refractivity contribution in [1.29, 1.82) is 0 Å². The van der Waals surface area contributed by atoms with Gasteiger partial charge >= 0.3 is 12.1 Å². The van der Waals surface area contributed by atoms with Gasteiger partial charge in [0.15, 0.2) is 6.61 Å². The molecule has 0 saturated heterocycles. The van der Waals surface area contributed by atoms with E-state index in [4.69, 9.17) is 20.4 Å². The second-order valence-electron chi connectivity index (χ2n) is 12.1. The minimum atomic E-state index is -5.08. The van der Waals surface area contributed by atoms with Crippen molar-refractivity contribution in [2.75, 3.05) is 30.3 Å². The molecule has 0 atom stereocenters. The first kappa shape index (κ1) is 38.4. The average Bonchev–Trinajstić information content (AvgIpc) is 3.95. The van der Waals surface area contributed by atoms with E-state index in [0.717, 1.165) is 50.5 Å². The molecule has 0 bridgehead atoms. The molecule has 1 aliphatic carbocycles. The molecule has 0 radical (unpaired) electrons. The normalized spacial score (nSPS) is 13.4. The summed E-state index contributed by atoms with van der Waals surface area (Å²) in [7, 11) is 0. The Bertz CT molecular complexity index is 1710. The SMILES string of the molecule is NCCCCCCCNC(=O)c1cccc(NC(=O)c2ccc(CN(C(=O)c3ccc4c(c3)OCC(=O)N4)C3CC3)cc2)c1.O=C(O)C(F)(F)F. The summed E-state index contributed by atoms with van der Waals surface area (Å²) in [6, 6.07) is 19.3. The van der Waals surface area contributed by atoms with Crippen molar-refractivity contribution >= 4 is 41.0 Å². The van der Waals surface area contributed by atoms with Crippen LogP contribution in [0.1, 0.15) is 81.6 Å². The molecule has 0 unspecified atom stereocenters. The maximum Gasteiger partial charge on any atom is 0.490 e. The van der Waals surface area contributed by atoms with Crippen LogP contribution in [-0.2, 0) is 16.1 Å². The van der Waals surface area contributed by atoms with E-state index in [-0.39, 0.29) is 36.3 Å². The van der Waals surface area contributed by atoms with Crippen LogP contribution in [-0.4, -0.2) is 71.5 Å². The Kier molecular flexibility index (Phi) is 13.5. The molecule has 3 aromatic rings. The number of anilines is 2. The average molecular weight is 712 g/mol. The number of nitrogens with two attached hydrogens (primary N) is 1. The number of halogens is 3. The number of hydrogen-bond acceptors (Lipinski definition) is 7. The van der Waals surface area contributed by atoms with Crippen LogP contribution in [0.2, 0.25) is 0 Å². The Morgan fingerprint density at radius 1 is 0.882 bits per heavy atom. The van der Waals surface area contributed by atoms with Gasteiger partial charge in [-0.05, 0) is 86.3 Å². The topological polar surface area (TPSA) is 180 Å². The van der Waals surface area contributed by atoms with Gasteiger partial charge in [-0.1, -0.05) is 37.5 Å². The van der Waals surface area contributed by atoms with Gasteiger partial charge < -0.3 is 36.4 Å². The van der Waals surface area contributed by atoms with Crippen LogP contribution >= 0.6 is 0 Å². The van der Waals surface area contributed by atoms with Crippen LogP contribution < -0.4 is 26.4 Å². The Morgan fingerprint density at radius 3 is 2.22 bits per heavy atom. The quantitative estimate of drug-likeness (QED) is 0.139. The summed E-state index contributed by atoms with van der Waals surface area (Å²) in [5, 5.41) is 15.7. The fraction of sp³-hybridized carbons (Fsp3) is 0.361. The van der Waals surface area contributed by atoms with Crippen LogP contribution in [0.5, 0.6) is 5.75 Å². The van der Waals surface area contributed by atoms with Crippen molar-refractivity contribution in [3.63, 3.8) is 0 Å².